The largest absolute Gasteiger partial charge is 0.366 e. The lowest BCUT2D eigenvalue weighted by Gasteiger charge is -2.26. The lowest BCUT2D eigenvalue weighted by Crippen LogP contribution is -2.31. The lowest BCUT2D eigenvalue weighted by molar-refractivity contribution is -0.105. The molecule has 0 aromatic heterocycles. The van der Waals surface area contributed by atoms with E-state index in [0.717, 1.165) is 12.5 Å². The highest BCUT2D eigenvalue weighted by Gasteiger charge is 2.39. The lowest BCUT2D eigenvalue weighted by atomic mass is 9.79. The predicted octanol–water partition coefficient (Wildman–Crippen LogP) is 7.08. The van der Waals surface area contributed by atoms with Crippen LogP contribution < -0.4 is 16.4 Å². The zero-order chi connectivity index (χ0) is 30.7. The van der Waals surface area contributed by atoms with Crippen LogP contribution in [0.15, 0.2) is 60.7 Å². The third-order valence-electron chi connectivity index (χ3n) is 6.08. The third kappa shape index (κ3) is 10.4. The number of anilines is 1. The molecule has 1 aliphatic rings. The molecule has 0 saturated carbocycles. The van der Waals surface area contributed by atoms with Gasteiger partial charge in [-0.15, -0.1) is 0 Å². The molecule has 3 atom stereocenters. The number of amides is 2. The summed E-state index contributed by atoms with van der Waals surface area (Å²) in [5.41, 5.74) is 5.63. The van der Waals surface area contributed by atoms with E-state index in [2.05, 4.69) is 37.5 Å². The van der Waals surface area contributed by atoms with Crippen LogP contribution in [-0.4, -0.2) is 24.9 Å². The number of nitrogens with one attached hydrogen (secondary N) is 2. The van der Waals surface area contributed by atoms with Crippen molar-refractivity contribution in [3.8, 4) is 6.07 Å². The molecule has 3 aromatic rings. The van der Waals surface area contributed by atoms with Gasteiger partial charge in [-0.3, -0.25) is 9.59 Å². The maximum Gasteiger partial charge on any atom is 0.251 e. The smallest absolute Gasteiger partial charge is 0.251 e. The minimum Gasteiger partial charge on any atom is -0.366 e. The summed E-state index contributed by atoms with van der Waals surface area (Å²) in [7, 11) is 0. The molecule has 3 unspecified atom stereocenters. The standard InChI is InChI=1S/C16H20ClFN2.C8H7FN2O2.C6H4ClF/c1-16(2,3)7-14-11(8-19)12(9-20-14)10-5-4-6-13(17)15(10)18;9-7-3-5(11-4-12)1-2-6(7)8(10)13;7-5-2-1-3-6(8)4-5/h4-6,11-12,14,20H,7,9H2,1-3H3;1-4H,(H2,10,13)(H,11,12);1-4H. The van der Waals surface area contributed by atoms with Crippen molar-refractivity contribution in [2.24, 2.45) is 17.1 Å². The monoisotopic (exact) mass is 606 g/mol. The van der Waals surface area contributed by atoms with Crippen LogP contribution in [0.1, 0.15) is 49.0 Å². The van der Waals surface area contributed by atoms with Gasteiger partial charge in [0.15, 0.2) is 0 Å². The summed E-state index contributed by atoms with van der Waals surface area (Å²) in [6, 6.07) is 16.9. The number of rotatable bonds is 5. The maximum atomic E-state index is 14.2. The fourth-order valence-electron chi connectivity index (χ4n) is 4.29. The predicted molar refractivity (Wildman–Crippen MR) is 155 cm³/mol. The van der Waals surface area contributed by atoms with Gasteiger partial charge in [-0.2, -0.15) is 5.26 Å². The number of hydrogen-bond donors (Lipinski definition) is 3. The Labute approximate surface area is 247 Å². The van der Waals surface area contributed by atoms with Gasteiger partial charge in [0.25, 0.3) is 5.91 Å². The first-order valence-electron chi connectivity index (χ1n) is 12.5. The molecule has 6 nitrogen and oxygen atoms in total. The van der Waals surface area contributed by atoms with Crippen LogP contribution in [-0.2, 0) is 4.79 Å². The van der Waals surface area contributed by atoms with Crippen molar-refractivity contribution in [2.75, 3.05) is 11.9 Å². The van der Waals surface area contributed by atoms with E-state index in [0.29, 0.717) is 23.5 Å². The zero-order valence-electron chi connectivity index (χ0n) is 22.7. The highest BCUT2D eigenvalue weighted by Crippen LogP contribution is 2.38. The number of hydrogen-bond acceptors (Lipinski definition) is 4. The minimum absolute atomic E-state index is 0.100. The molecule has 1 saturated heterocycles. The summed E-state index contributed by atoms with van der Waals surface area (Å²) in [4.78, 5) is 20.6. The molecule has 4 N–H and O–H groups in total. The van der Waals surface area contributed by atoms with E-state index in [-0.39, 0.29) is 45.4 Å². The normalized spacial score (nSPS) is 17.7. The Morgan fingerprint density at radius 2 is 1.80 bits per heavy atom. The summed E-state index contributed by atoms with van der Waals surface area (Å²) in [6.07, 6.45) is 1.31. The first-order valence-corrected chi connectivity index (χ1v) is 13.3. The second-order valence-corrected chi connectivity index (χ2v) is 11.3. The molecule has 4 rings (SSSR count). The van der Waals surface area contributed by atoms with Gasteiger partial charge in [0.1, 0.15) is 17.5 Å². The minimum atomic E-state index is -0.838. The Kier molecular flexibility index (Phi) is 12.7. The van der Waals surface area contributed by atoms with Gasteiger partial charge in [-0.1, -0.05) is 62.2 Å². The second kappa shape index (κ2) is 15.4. The number of nitriles is 1. The van der Waals surface area contributed by atoms with Crippen LogP contribution in [0.25, 0.3) is 0 Å². The first kappa shape index (κ1) is 33.6. The van der Waals surface area contributed by atoms with E-state index >= 15 is 0 Å². The third-order valence-corrected chi connectivity index (χ3v) is 6.60. The highest BCUT2D eigenvalue weighted by atomic mass is 35.5. The van der Waals surface area contributed by atoms with Gasteiger partial charge in [0.2, 0.25) is 6.41 Å². The highest BCUT2D eigenvalue weighted by molar-refractivity contribution is 6.31. The number of nitrogens with zero attached hydrogens (tertiary/aromatic N) is 1. The SMILES string of the molecule is CC(C)(C)CC1NCC(c2cccc(Cl)c2F)C1C#N.Fc1cccc(Cl)c1.NC(=O)c1ccc(NC=O)cc1F. The molecule has 0 radical (unpaired) electrons. The molecule has 218 valence electrons. The Morgan fingerprint density at radius 3 is 2.32 bits per heavy atom. The van der Waals surface area contributed by atoms with Gasteiger partial charge in [-0.05, 0) is 59.9 Å². The molecule has 3 aromatic carbocycles. The van der Waals surface area contributed by atoms with E-state index in [4.69, 9.17) is 28.9 Å². The number of carbonyl (C=O) groups excluding carboxylic acids is 2. The number of carbonyl (C=O) groups is 2. The first-order chi connectivity index (χ1) is 19.3. The molecule has 1 aliphatic heterocycles. The summed E-state index contributed by atoms with van der Waals surface area (Å²) in [6.45, 7) is 7.07. The average molecular weight is 608 g/mol. The zero-order valence-corrected chi connectivity index (χ0v) is 24.2. The summed E-state index contributed by atoms with van der Waals surface area (Å²) >= 11 is 11.3. The fraction of sp³-hybridized carbons (Fsp3) is 0.300. The fourth-order valence-corrected chi connectivity index (χ4v) is 4.65. The summed E-state index contributed by atoms with van der Waals surface area (Å²) < 4.78 is 39.2. The van der Waals surface area contributed by atoms with Crippen LogP contribution in [0, 0.1) is 40.1 Å². The molecule has 0 spiro atoms. The number of primary amides is 1. The number of benzene rings is 3. The van der Waals surface area contributed by atoms with Crippen LogP contribution in [0.5, 0.6) is 0 Å². The van der Waals surface area contributed by atoms with Gasteiger partial charge < -0.3 is 16.4 Å². The Bertz CT molecular complexity index is 1380. The van der Waals surface area contributed by atoms with Crippen LogP contribution in [0.4, 0.5) is 18.9 Å². The molecule has 41 heavy (non-hydrogen) atoms. The maximum absolute atomic E-state index is 14.2. The van der Waals surface area contributed by atoms with Gasteiger partial charge in [0.05, 0.1) is 22.6 Å². The van der Waals surface area contributed by atoms with Crippen molar-refractivity contribution >= 4 is 41.2 Å². The van der Waals surface area contributed by atoms with Gasteiger partial charge >= 0.3 is 0 Å². The van der Waals surface area contributed by atoms with E-state index in [1.165, 1.54) is 30.3 Å². The molecule has 2 amide bonds. The second-order valence-electron chi connectivity index (χ2n) is 10.4. The topological polar surface area (TPSA) is 108 Å². The summed E-state index contributed by atoms with van der Waals surface area (Å²) in [5.74, 6) is -2.63. The molecule has 0 bridgehead atoms. The molecule has 0 aliphatic carbocycles. The van der Waals surface area contributed by atoms with Crippen molar-refractivity contribution in [2.45, 2.75) is 39.2 Å². The van der Waals surface area contributed by atoms with E-state index < -0.39 is 17.5 Å². The van der Waals surface area contributed by atoms with E-state index in [9.17, 15) is 28.0 Å². The molecule has 11 heteroatoms. The Balaban J connectivity index is 0.000000239. The van der Waals surface area contributed by atoms with Crippen LogP contribution in [0.3, 0.4) is 0 Å². The molecular formula is C30H31Cl2F3N4O2. The van der Waals surface area contributed by atoms with Crippen molar-refractivity contribution in [1.29, 1.82) is 5.26 Å². The average Bonchev–Trinajstić information content (AvgIpc) is 3.27. The van der Waals surface area contributed by atoms with E-state index in [1.807, 2.05) is 0 Å². The van der Waals surface area contributed by atoms with Crippen molar-refractivity contribution < 1.29 is 22.8 Å². The summed E-state index contributed by atoms with van der Waals surface area (Å²) in [5, 5.41) is 15.7. The molecular weight excluding hydrogens is 576 g/mol. The van der Waals surface area contributed by atoms with Crippen LogP contribution in [0.2, 0.25) is 10.0 Å². The van der Waals surface area contributed by atoms with Crippen LogP contribution >= 0.6 is 23.2 Å². The van der Waals surface area contributed by atoms with Gasteiger partial charge in [-0.25, -0.2) is 13.2 Å². The molecule has 1 fully saturated rings. The van der Waals surface area contributed by atoms with Crippen molar-refractivity contribution in [1.82, 2.24) is 5.32 Å². The van der Waals surface area contributed by atoms with Crippen molar-refractivity contribution in [3.63, 3.8) is 0 Å². The van der Waals surface area contributed by atoms with Crippen molar-refractivity contribution in [3.05, 3.63) is 99.3 Å². The van der Waals surface area contributed by atoms with E-state index in [1.54, 1.807) is 24.3 Å². The Morgan fingerprint density at radius 1 is 1.12 bits per heavy atom. The quantitative estimate of drug-likeness (QED) is 0.270. The molecule has 1 heterocycles. The Hall–Kier alpha value is -3.58. The van der Waals surface area contributed by atoms with Gasteiger partial charge in [0, 0.05) is 29.2 Å². The number of nitrogens with two attached hydrogens (primary N) is 1. The number of halogens is 5.